The molecule has 3 N–H and O–H groups in total. The number of carbonyl (C=O) groups is 1. The van der Waals surface area contributed by atoms with Crippen LogP contribution < -0.4 is 11.4 Å². The topological polar surface area (TPSA) is 124 Å². The molecule has 26 heavy (non-hydrogen) atoms. The van der Waals surface area contributed by atoms with E-state index in [1.165, 1.54) is 23.6 Å². The summed E-state index contributed by atoms with van der Waals surface area (Å²) in [4.78, 5) is 29.4. The van der Waals surface area contributed by atoms with Gasteiger partial charge in [-0.15, -0.1) is 11.3 Å². The van der Waals surface area contributed by atoms with Gasteiger partial charge in [0, 0.05) is 17.4 Å². The van der Waals surface area contributed by atoms with Gasteiger partial charge in [-0.3, -0.25) is 4.79 Å². The molecule has 0 unspecified atom stereocenters. The number of primary amides is 1. The third-order valence-electron chi connectivity index (χ3n) is 4.17. The number of nitrogens with two attached hydrogens (primary N) is 1. The lowest BCUT2D eigenvalue weighted by Crippen LogP contribution is -2.25. The first-order valence-corrected chi connectivity index (χ1v) is 8.66. The van der Waals surface area contributed by atoms with E-state index in [4.69, 9.17) is 10.2 Å². The van der Waals surface area contributed by atoms with E-state index in [1.807, 2.05) is 17.5 Å². The molecule has 8 nitrogen and oxygen atoms in total. The van der Waals surface area contributed by atoms with Crippen molar-refractivity contribution in [2.24, 2.45) is 10.7 Å². The Kier molecular flexibility index (Phi) is 3.73. The summed E-state index contributed by atoms with van der Waals surface area (Å²) in [5, 5.41) is 16.4. The predicted octanol–water partition coefficient (Wildman–Crippen LogP) is 2.12. The number of hydrogen-bond acceptors (Lipinski definition) is 7. The minimum Gasteiger partial charge on any atom is -0.507 e. The zero-order chi connectivity index (χ0) is 18.4. The lowest BCUT2D eigenvalue weighted by Gasteiger charge is -2.23. The van der Waals surface area contributed by atoms with Gasteiger partial charge in [0.1, 0.15) is 22.6 Å². The highest BCUT2D eigenvalue weighted by Crippen LogP contribution is 2.37. The van der Waals surface area contributed by atoms with Gasteiger partial charge in [0.15, 0.2) is 5.82 Å². The molecule has 3 aromatic rings. The first kappa shape index (κ1) is 16.3. The average Bonchev–Trinajstić information content (AvgIpc) is 3.23. The van der Waals surface area contributed by atoms with Crippen LogP contribution in [0.5, 0.6) is 5.75 Å². The summed E-state index contributed by atoms with van der Waals surface area (Å²) in [7, 11) is 0. The van der Waals surface area contributed by atoms with E-state index in [0.29, 0.717) is 17.9 Å². The lowest BCUT2D eigenvalue weighted by atomic mass is 10.0. The largest absolute Gasteiger partial charge is 0.507 e. The Bertz CT molecular complexity index is 1090. The number of carbonyl (C=O) groups excluding carboxylic acids is 1. The number of nitrogens with zero attached hydrogens (tertiary/aromatic N) is 3. The maximum absolute atomic E-state index is 12.3. The fourth-order valence-corrected chi connectivity index (χ4v) is 3.85. The quantitative estimate of drug-likeness (QED) is 0.731. The molecule has 1 amide bonds. The first-order valence-electron chi connectivity index (χ1n) is 7.78. The van der Waals surface area contributed by atoms with E-state index in [1.54, 1.807) is 11.6 Å². The van der Waals surface area contributed by atoms with Crippen molar-refractivity contribution in [3.05, 3.63) is 62.0 Å². The molecule has 0 saturated carbocycles. The van der Waals surface area contributed by atoms with Gasteiger partial charge < -0.3 is 15.3 Å². The maximum Gasteiger partial charge on any atom is 0.348 e. The van der Waals surface area contributed by atoms with Crippen molar-refractivity contribution in [3.8, 4) is 5.75 Å². The van der Waals surface area contributed by atoms with Gasteiger partial charge >= 0.3 is 5.63 Å². The lowest BCUT2D eigenvalue weighted by molar-refractivity contribution is 0.100. The summed E-state index contributed by atoms with van der Waals surface area (Å²) in [5.74, 6) is -0.320. The van der Waals surface area contributed by atoms with Crippen molar-refractivity contribution in [2.75, 3.05) is 0 Å². The van der Waals surface area contributed by atoms with Crippen LogP contribution in [0.3, 0.4) is 0 Å². The molecule has 1 aliphatic rings. The van der Waals surface area contributed by atoms with Gasteiger partial charge in [0.25, 0.3) is 5.91 Å². The van der Waals surface area contributed by atoms with Crippen LogP contribution in [0.4, 0.5) is 5.82 Å². The van der Waals surface area contributed by atoms with Gasteiger partial charge in [-0.1, -0.05) is 6.07 Å². The summed E-state index contributed by atoms with van der Waals surface area (Å²) in [6.45, 7) is 1.57. The van der Waals surface area contributed by atoms with Crippen LogP contribution in [-0.4, -0.2) is 26.5 Å². The van der Waals surface area contributed by atoms with Crippen LogP contribution in [0.1, 0.15) is 39.0 Å². The van der Waals surface area contributed by atoms with E-state index < -0.39 is 11.5 Å². The minimum atomic E-state index is -0.681. The molecule has 0 radical (unpaired) electrons. The Morgan fingerprint density at radius 1 is 1.50 bits per heavy atom. The molecule has 0 spiro atoms. The molecule has 132 valence electrons. The van der Waals surface area contributed by atoms with Gasteiger partial charge in [-0.25, -0.2) is 14.5 Å². The third kappa shape index (κ3) is 2.53. The van der Waals surface area contributed by atoms with Gasteiger partial charge in [-0.05, 0) is 18.4 Å². The fraction of sp³-hybridized carbons (Fsp3) is 0.176. The zero-order valence-corrected chi connectivity index (χ0v) is 14.5. The van der Waals surface area contributed by atoms with E-state index in [0.717, 1.165) is 4.88 Å². The number of aromatic hydroxyl groups is 1. The molecule has 4 rings (SSSR count). The molecule has 0 saturated heterocycles. The Morgan fingerprint density at radius 3 is 2.96 bits per heavy atom. The Labute approximate surface area is 151 Å². The van der Waals surface area contributed by atoms with Crippen LogP contribution in [0, 0.1) is 6.92 Å². The summed E-state index contributed by atoms with van der Waals surface area (Å²) >= 11 is 1.52. The molecule has 1 atom stereocenters. The molecule has 0 aromatic carbocycles. The van der Waals surface area contributed by atoms with Crippen LogP contribution in [0.15, 0.2) is 44.0 Å². The van der Waals surface area contributed by atoms with Crippen molar-refractivity contribution in [1.82, 2.24) is 9.78 Å². The van der Waals surface area contributed by atoms with E-state index in [2.05, 4.69) is 10.1 Å². The van der Waals surface area contributed by atoms with Crippen LogP contribution in [0.2, 0.25) is 0 Å². The Morgan fingerprint density at radius 2 is 2.31 bits per heavy atom. The normalized spacial score (nSPS) is 16.2. The van der Waals surface area contributed by atoms with Crippen LogP contribution >= 0.6 is 11.3 Å². The molecular formula is C17H14N4O4S. The minimum absolute atomic E-state index is 0.0139. The predicted molar refractivity (Wildman–Crippen MR) is 95.4 cm³/mol. The third-order valence-corrected chi connectivity index (χ3v) is 5.15. The van der Waals surface area contributed by atoms with Gasteiger partial charge in [0.2, 0.25) is 0 Å². The summed E-state index contributed by atoms with van der Waals surface area (Å²) in [6, 6.07) is 4.93. The van der Waals surface area contributed by atoms with E-state index in [9.17, 15) is 14.7 Å². The first-order chi connectivity index (χ1) is 12.5. The van der Waals surface area contributed by atoms with Crippen molar-refractivity contribution >= 4 is 28.8 Å². The molecule has 0 bridgehead atoms. The zero-order valence-electron chi connectivity index (χ0n) is 13.7. The van der Waals surface area contributed by atoms with Crippen molar-refractivity contribution in [3.63, 3.8) is 0 Å². The number of rotatable bonds is 3. The molecule has 0 aliphatic carbocycles. The second-order valence-electron chi connectivity index (χ2n) is 5.89. The smallest absolute Gasteiger partial charge is 0.348 e. The average molecular weight is 370 g/mol. The standard InChI is InChI=1S/C17H14N4O4S/c1-8-5-12(22)14(17(24)25-8)10-6-11(13-3-2-4-26-13)21-16(20-10)9(7-19-21)15(18)23/h2-5,7,11,22H,6H2,1H3,(H2,18,23)/t11-/m1/s1. The SMILES string of the molecule is Cc1cc(O)c(C2=Nc3c(C(N)=O)cnn3[C@@H](c3cccs3)C2)c(=O)o1. The highest BCUT2D eigenvalue weighted by molar-refractivity contribution is 7.10. The second-order valence-corrected chi connectivity index (χ2v) is 6.87. The van der Waals surface area contributed by atoms with E-state index in [-0.39, 0.29) is 28.7 Å². The molecule has 0 fully saturated rings. The number of aliphatic imine (C=N–C) groups is 1. The van der Waals surface area contributed by atoms with Gasteiger partial charge in [0.05, 0.1) is 18.0 Å². The fourth-order valence-electron chi connectivity index (χ4n) is 3.03. The number of hydrogen-bond donors (Lipinski definition) is 2. The van der Waals surface area contributed by atoms with Crippen molar-refractivity contribution in [1.29, 1.82) is 0 Å². The monoisotopic (exact) mass is 370 g/mol. The highest BCUT2D eigenvalue weighted by atomic mass is 32.1. The molecule has 9 heteroatoms. The number of amides is 1. The van der Waals surface area contributed by atoms with E-state index >= 15 is 0 Å². The highest BCUT2D eigenvalue weighted by Gasteiger charge is 2.31. The van der Waals surface area contributed by atoms with Crippen LogP contribution in [0.25, 0.3) is 0 Å². The Balaban J connectivity index is 1.94. The molecule has 3 aromatic heterocycles. The number of aryl methyl sites for hydroxylation is 1. The summed E-state index contributed by atoms with van der Waals surface area (Å²) < 4.78 is 6.72. The summed E-state index contributed by atoms with van der Waals surface area (Å²) in [5.41, 5.74) is 5.20. The van der Waals surface area contributed by atoms with Crippen LogP contribution in [-0.2, 0) is 0 Å². The Hall–Kier alpha value is -3.20. The van der Waals surface area contributed by atoms with Crippen molar-refractivity contribution in [2.45, 2.75) is 19.4 Å². The maximum atomic E-state index is 12.3. The van der Waals surface area contributed by atoms with Gasteiger partial charge in [-0.2, -0.15) is 5.10 Å². The van der Waals surface area contributed by atoms with Crippen molar-refractivity contribution < 1.29 is 14.3 Å². The molecule has 4 heterocycles. The molecular weight excluding hydrogens is 356 g/mol. The molecule has 1 aliphatic heterocycles. The number of fused-ring (bicyclic) bond motifs is 1. The summed E-state index contributed by atoms with van der Waals surface area (Å²) in [6.07, 6.45) is 1.68. The second kappa shape index (κ2) is 5.95. The number of thiophene rings is 1. The number of aromatic nitrogens is 2.